The summed E-state index contributed by atoms with van der Waals surface area (Å²) in [6, 6.07) is 7.64. The standard InChI is InChI=1S/C13H11ClFN3O/c14-10-4-1-5-11(15)9(10)7-19-13-8(12(16)17)3-2-6-18-13/h1-6H,7H2,(H3,16,17). The van der Waals surface area contributed by atoms with Crippen molar-refractivity contribution < 1.29 is 9.13 Å². The second-order valence-corrected chi connectivity index (χ2v) is 4.17. The van der Waals surface area contributed by atoms with E-state index < -0.39 is 5.82 Å². The highest BCUT2D eigenvalue weighted by atomic mass is 35.5. The van der Waals surface area contributed by atoms with Crippen LogP contribution in [0.5, 0.6) is 5.88 Å². The smallest absolute Gasteiger partial charge is 0.224 e. The van der Waals surface area contributed by atoms with Crippen molar-refractivity contribution in [1.29, 1.82) is 5.41 Å². The first-order valence-electron chi connectivity index (χ1n) is 5.44. The molecule has 0 aliphatic carbocycles. The Morgan fingerprint density at radius 3 is 2.84 bits per heavy atom. The van der Waals surface area contributed by atoms with Crippen molar-refractivity contribution in [2.75, 3.05) is 0 Å². The lowest BCUT2D eigenvalue weighted by Gasteiger charge is -2.10. The van der Waals surface area contributed by atoms with Crippen LogP contribution < -0.4 is 10.5 Å². The van der Waals surface area contributed by atoms with Crippen LogP contribution in [-0.2, 0) is 6.61 Å². The van der Waals surface area contributed by atoms with Crippen LogP contribution in [0.4, 0.5) is 4.39 Å². The number of rotatable bonds is 4. The average Bonchev–Trinajstić information content (AvgIpc) is 2.38. The number of pyridine rings is 1. The molecule has 3 N–H and O–H groups in total. The van der Waals surface area contributed by atoms with Gasteiger partial charge in [-0.15, -0.1) is 0 Å². The molecule has 0 radical (unpaired) electrons. The quantitative estimate of drug-likeness (QED) is 0.668. The Kier molecular flexibility index (Phi) is 3.97. The number of halogens is 2. The molecule has 1 aromatic carbocycles. The van der Waals surface area contributed by atoms with Gasteiger partial charge in [-0.3, -0.25) is 5.41 Å². The summed E-state index contributed by atoms with van der Waals surface area (Å²) in [6.45, 7) is -0.0806. The van der Waals surface area contributed by atoms with E-state index in [4.69, 9.17) is 27.5 Å². The largest absolute Gasteiger partial charge is 0.472 e. The van der Waals surface area contributed by atoms with Crippen molar-refractivity contribution >= 4 is 17.4 Å². The van der Waals surface area contributed by atoms with Gasteiger partial charge in [-0.05, 0) is 24.3 Å². The highest BCUT2D eigenvalue weighted by Gasteiger charge is 2.11. The maximum absolute atomic E-state index is 13.6. The molecule has 19 heavy (non-hydrogen) atoms. The summed E-state index contributed by atoms with van der Waals surface area (Å²) in [6.07, 6.45) is 1.50. The van der Waals surface area contributed by atoms with Crippen LogP contribution in [-0.4, -0.2) is 10.8 Å². The fourth-order valence-corrected chi connectivity index (χ4v) is 1.74. The third-order valence-corrected chi connectivity index (χ3v) is 2.83. The minimum atomic E-state index is -0.451. The summed E-state index contributed by atoms with van der Waals surface area (Å²) in [7, 11) is 0. The molecule has 1 aromatic heterocycles. The van der Waals surface area contributed by atoms with Crippen LogP contribution in [0.3, 0.4) is 0 Å². The molecule has 1 heterocycles. The van der Waals surface area contributed by atoms with E-state index >= 15 is 0 Å². The van der Waals surface area contributed by atoms with Crippen LogP contribution in [0.25, 0.3) is 0 Å². The lowest BCUT2D eigenvalue weighted by molar-refractivity contribution is 0.287. The zero-order chi connectivity index (χ0) is 13.8. The minimum absolute atomic E-state index is 0.0806. The second kappa shape index (κ2) is 5.67. The molecule has 0 saturated carbocycles. The molecular weight excluding hydrogens is 269 g/mol. The Balaban J connectivity index is 2.22. The van der Waals surface area contributed by atoms with E-state index in [2.05, 4.69) is 4.98 Å². The van der Waals surface area contributed by atoms with Gasteiger partial charge in [0.25, 0.3) is 0 Å². The molecular formula is C13H11ClFN3O. The predicted molar refractivity (Wildman–Crippen MR) is 71.0 cm³/mol. The topological polar surface area (TPSA) is 72.0 Å². The van der Waals surface area contributed by atoms with Gasteiger partial charge in [-0.1, -0.05) is 17.7 Å². The fraction of sp³-hybridized carbons (Fsp3) is 0.0769. The van der Waals surface area contributed by atoms with Gasteiger partial charge in [-0.2, -0.15) is 0 Å². The monoisotopic (exact) mass is 279 g/mol. The van der Waals surface area contributed by atoms with Gasteiger partial charge >= 0.3 is 0 Å². The number of hydrogen-bond acceptors (Lipinski definition) is 3. The van der Waals surface area contributed by atoms with Gasteiger partial charge in [0.1, 0.15) is 18.3 Å². The van der Waals surface area contributed by atoms with Gasteiger partial charge in [0.15, 0.2) is 0 Å². The SMILES string of the molecule is N=C(N)c1cccnc1OCc1c(F)cccc1Cl. The van der Waals surface area contributed by atoms with Gasteiger partial charge in [0.05, 0.1) is 10.6 Å². The highest BCUT2D eigenvalue weighted by Crippen LogP contribution is 2.22. The third kappa shape index (κ3) is 3.00. The van der Waals surface area contributed by atoms with E-state index in [1.54, 1.807) is 18.2 Å². The number of hydrogen-bond donors (Lipinski definition) is 2. The number of nitrogens with zero attached hydrogens (tertiary/aromatic N) is 1. The number of benzene rings is 1. The zero-order valence-corrected chi connectivity index (χ0v) is 10.6. The molecule has 0 atom stereocenters. The van der Waals surface area contributed by atoms with Crippen molar-refractivity contribution in [3.8, 4) is 5.88 Å². The predicted octanol–water partition coefficient (Wildman–Crippen LogP) is 2.74. The first-order valence-corrected chi connectivity index (χ1v) is 5.82. The van der Waals surface area contributed by atoms with E-state index in [0.717, 1.165) is 0 Å². The summed E-state index contributed by atoms with van der Waals surface area (Å²) in [5.41, 5.74) is 6.00. The summed E-state index contributed by atoms with van der Waals surface area (Å²) in [5.74, 6) is -0.440. The maximum atomic E-state index is 13.6. The first-order chi connectivity index (χ1) is 9.09. The molecule has 2 aromatic rings. The number of nitrogens with one attached hydrogen (secondary N) is 1. The maximum Gasteiger partial charge on any atom is 0.224 e. The summed E-state index contributed by atoms with van der Waals surface area (Å²) >= 11 is 5.89. The third-order valence-electron chi connectivity index (χ3n) is 2.48. The molecule has 4 nitrogen and oxygen atoms in total. The number of aromatic nitrogens is 1. The van der Waals surface area contributed by atoms with Gasteiger partial charge in [0, 0.05) is 11.8 Å². The van der Waals surface area contributed by atoms with Gasteiger partial charge in [0.2, 0.25) is 5.88 Å². The minimum Gasteiger partial charge on any atom is -0.472 e. The molecule has 6 heteroatoms. The Morgan fingerprint density at radius 2 is 2.16 bits per heavy atom. The van der Waals surface area contributed by atoms with E-state index in [1.165, 1.54) is 18.3 Å². The molecule has 0 saturated heterocycles. The summed E-state index contributed by atoms with van der Waals surface area (Å²) < 4.78 is 19.0. The lowest BCUT2D eigenvalue weighted by atomic mass is 10.2. The molecule has 0 aliphatic rings. The highest BCUT2D eigenvalue weighted by molar-refractivity contribution is 6.31. The Morgan fingerprint density at radius 1 is 1.37 bits per heavy atom. The summed E-state index contributed by atoms with van der Waals surface area (Å²) in [5, 5.41) is 7.68. The average molecular weight is 280 g/mol. The molecule has 98 valence electrons. The van der Waals surface area contributed by atoms with Crippen molar-refractivity contribution in [3.05, 3.63) is 58.5 Å². The number of nitrogen functional groups attached to an aromatic ring is 1. The molecule has 0 aliphatic heterocycles. The molecule has 2 rings (SSSR count). The number of amidine groups is 1. The molecule has 0 fully saturated rings. The zero-order valence-electron chi connectivity index (χ0n) is 9.86. The van der Waals surface area contributed by atoms with Crippen molar-refractivity contribution in [1.82, 2.24) is 4.98 Å². The van der Waals surface area contributed by atoms with Crippen LogP contribution in [0.2, 0.25) is 5.02 Å². The number of nitrogens with two attached hydrogens (primary N) is 1. The van der Waals surface area contributed by atoms with Crippen molar-refractivity contribution in [2.45, 2.75) is 6.61 Å². The van der Waals surface area contributed by atoms with E-state index in [-0.39, 0.29) is 28.9 Å². The number of ether oxygens (including phenoxy) is 1. The van der Waals surface area contributed by atoms with Crippen molar-refractivity contribution in [2.24, 2.45) is 5.73 Å². The van der Waals surface area contributed by atoms with E-state index in [1.807, 2.05) is 0 Å². The van der Waals surface area contributed by atoms with Crippen LogP contribution in [0.1, 0.15) is 11.1 Å². The van der Waals surface area contributed by atoms with Crippen LogP contribution in [0.15, 0.2) is 36.5 Å². The molecule has 0 amide bonds. The fourth-order valence-electron chi connectivity index (χ4n) is 1.52. The van der Waals surface area contributed by atoms with Crippen LogP contribution in [0, 0.1) is 11.2 Å². The molecule has 0 unspecified atom stereocenters. The Hall–Kier alpha value is -2.14. The molecule has 0 bridgehead atoms. The lowest BCUT2D eigenvalue weighted by Crippen LogP contribution is -2.14. The van der Waals surface area contributed by atoms with E-state index in [0.29, 0.717) is 5.56 Å². The Labute approximate surface area is 114 Å². The van der Waals surface area contributed by atoms with E-state index in [9.17, 15) is 4.39 Å². The Bertz CT molecular complexity index is 598. The van der Waals surface area contributed by atoms with Gasteiger partial charge < -0.3 is 10.5 Å². The second-order valence-electron chi connectivity index (χ2n) is 3.76. The normalized spacial score (nSPS) is 10.2. The van der Waals surface area contributed by atoms with Gasteiger partial charge in [-0.25, -0.2) is 9.37 Å². The summed E-state index contributed by atoms with van der Waals surface area (Å²) in [4.78, 5) is 3.97. The molecule has 0 spiro atoms. The van der Waals surface area contributed by atoms with Crippen LogP contribution >= 0.6 is 11.6 Å². The first kappa shape index (κ1) is 13.3. The van der Waals surface area contributed by atoms with Crippen molar-refractivity contribution in [3.63, 3.8) is 0 Å².